The normalized spacial score (nSPS) is 19.4. The van der Waals surface area contributed by atoms with Crippen molar-refractivity contribution in [2.45, 2.75) is 38.5 Å². The van der Waals surface area contributed by atoms with E-state index in [1.807, 2.05) is 38.1 Å². The van der Waals surface area contributed by atoms with Crippen molar-refractivity contribution in [3.05, 3.63) is 35.4 Å². The predicted octanol–water partition coefficient (Wildman–Crippen LogP) is 3.15. The second-order valence-corrected chi connectivity index (χ2v) is 5.67. The molecule has 1 atom stereocenters. The molecule has 0 aromatic heterocycles. The molecule has 0 radical (unpaired) electrons. The van der Waals surface area contributed by atoms with E-state index in [9.17, 15) is 13.2 Å². The van der Waals surface area contributed by atoms with Gasteiger partial charge in [-0.1, -0.05) is 24.3 Å². The van der Waals surface area contributed by atoms with E-state index in [0.717, 1.165) is 13.1 Å². The number of alkyl halides is 3. The van der Waals surface area contributed by atoms with Gasteiger partial charge >= 0.3 is 6.18 Å². The van der Waals surface area contributed by atoms with Crippen LogP contribution in [0, 0.1) is 0 Å². The van der Waals surface area contributed by atoms with Crippen LogP contribution in [0.3, 0.4) is 0 Å². The first-order valence-corrected chi connectivity index (χ1v) is 6.96. The minimum absolute atomic E-state index is 0.115. The molecule has 20 heavy (non-hydrogen) atoms. The fraction of sp³-hybridized carbons (Fsp3) is 0.600. The number of hydrogen-bond acceptors (Lipinski definition) is 2. The number of rotatable bonds is 4. The Labute approximate surface area is 118 Å². The van der Waals surface area contributed by atoms with Crippen LogP contribution in [-0.4, -0.2) is 36.8 Å². The summed E-state index contributed by atoms with van der Waals surface area (Å²) in [6.07, 6.45) is -4.15. The summed E-state index contributed by atoms with van der Waals surface area (Å²) in [4.78, 5) is 1.51. The summed E-state index contributed by atoms with van der Waals surface area (Å²) in [6.45, 7) is 4.75. The summed E-state index contributed by atoms with van der Waals surface area (Å²) in [5.41, 5.74) is 2.37. The van der Waals surface area contributed by atoms with Gasteiger partial charge in [0.05, 0.1) is 6.54 Å². The van der Waals surface area contributed by atoms with Gasteiger partial charge in [0.25, 0.3) is 0 Å². The van der Waals surface area contributed by atoms with Crippen LogP contribution >= 0.6 is 0 Å². The van der Waals surface area contributed by atoms with E-state index < -0.39 is 12.7 Å². The molecule has 1 unspecified atom stereocenters. The van der Waals surface area contributed by atoms with Gasteiger partial charge in [-0.05, 0) is 25.0 Å². The smallest absolute Gasteiger partial charge is 0.312 e. The Morgan fingerprint density at radius 2 is 2.00 bits per heavy atom. The van der Waals surface area contributed by atoms with Crippen molar-refractivity contribution in [1.29, 1.82) is 0 Å². The molecule has 1 N–H and O–H groups in total. The lowest BCUT2D eigenvalue weighted by molar-refractivity contribution is -0.150. The molecule has 0 saturated carbocycles. The fourth-order valence-electron chi connectivity index (χ4n) is 2.72. The summed E-state index contributed by atoms with van der Waals surface area (Å²) in [7, 11) is 0. The molecule has 112 valence electrons. The fourth-order valence-corrected chi connectivity index (χ4v) is 2.72. The minimum Gasteiger partial charge on any atom is -0.312 e. The van der Waals surface area contributed by atoms with Crippen LogP contribution in [0.5, 0.6) is 0 Å². The summed E-state index contributed by atoms with van der Waals surface area (Å²) >= 11 is 0. The minimum atomic E-state index is -4.15. The standard InChI is InChI=1S/C15H21F3N2/c1-11(2)20(10-15(16,17)18)9-13-8-19-7-12-5-3-4-6-14(12)13/h3-6,11,13,19H,7-10H2,1-2H3. The highest BCUT2D eigenvalue weighted by Crippen LogP contribution is 2.27. The Bertz CT molecular complexity index is 443. The predicted molar refractivity (Wildman–Crippen MR) is 73.7 cm³/mol. The zero-order valence-electron chi connectivity index (χ0n) is 11.9. The first-order chi connectivity index (χ1) is 9.37. The van der Waals surface area contributed by atoms with Crippen molar-refractivity contribution in [2.75, 3.05) is 19.6 Å². The zero-order chi connectivity index (χ0) is 14.8. The number of halogens is 3. The molecule has 2 nitrogen and oxygen atoms in total. The van der Waals surface area contributed by atoms with Crippen molar-refractivity contribution < 1.29 is 13.2 Å². The van der Waals surface area contributed by atoms with Crippen LogP contribution in [0.4, 0.5) is 13.2 Å². The van der Waals surface area contributed by atoms with E-state index in [4.69, 9.17) is 0 Å². The maximum absolute atomic E-state index is 12.7. The first kappa shape index (κ1) is 15.3. The van der Waals surface area contributed by atoms with Gasteiger partial charge in [-0.2, -0.15) is 13.2 Å². The van der Waals surface area contributed by atoms with Crippen molar-refractivity contribution >= 4 is 0 Å². The molecule has 0 bridgehead atoms. The molecule has 2 rings (SSSR count). The van der Waals surface area contributed by atoms with Gasteiger partial charge in [-0.25, -0.2) is 0 Å². The first-order valence-electron chi connectivity index (χ1n) is 6.96. The molecule has 1 aromatic carbocycles. The molecule has 1 aromatic rings. The highest BCUT2D eigenvalue weighted by molar-refractivity contribution is 5.32. The lowest BCUT2D eigenvalue weighted by Crippen LogP contribution is -2.44. The van der Waals surface area contributed by atoms with Crippen molar-refractivity contribution in [3.8, 4) is 0 Å². The second-order valence-electron chi connectivity index (χ2n) is 5.67. The van der Waals surface area contributed by atoms with Crippen LogP contribution in [0.15, 0.2) is 24.3 Å². The maximum atomic E-state index is 12.7. The van der Waals surface area contributed by atoms with Gasteiger partial charge in [0.1, 0.15) is 0 Å². The van der Waals surface area contributed by atoms with Gasteiger partial charge in [0.2, 0.25) is 0 Å². The summed E-state index contributed by atoms with van der Waals surface area (Å²) in [5, 5.41) is 3.29. The molecule has 5 heteroatoms. The van der Waals surface area contributed by atoms with Crippen molar-refractivity contribution in [1.82, 2.24) is 10.2 Å². The van der Waals surface area contributed by atoms with Crippen LogP contribution in [-0.2, 0) is 6.54 Å². The third-order valence-corrected chi connectivity index (χ3v) is 3.77. The topological polar surface area (TPSA) is 15.3 Å². The maximum Gasteiger partial charge on any atom is 0.401 e. The SMILES string of the molecule is CC(C)N(CC1CNCc2ccccc21)CC(F)(F)F. The Morgan fingerprint density at radius 3 is 2.65 bits per heavy atom. The molecule has 1 aliphatic heterocycles. The van der Waals surface area contributed by atoms with Crippen LogP contribution in [0.2, 0.25) is 0 Å². The Balaban J connectivity index is 2.12. The lowest BCUT2D eigenvalue weighted by Gasteiger charge is -2.34. The lowest BCUT2D eigenvalue weighted by atomic mass is 9.90. The molecule has 0 fully saturated rings. The molecular formula is C15H21F3N2. The van der Waals surface area contributed by atoms with Crippen LogP contribution in [0.25, 0.3) is 0 Å². The van der Waals surface area contributed by atoms with E-state index in [1.54, 1.807) is 0 Å². The summed E-state index contributed by atoms with van der Waals surface area (Å²) in [5.74, 6) is 0.115. The van der Waals surface area contributed by atoms with Gasteiger partial charge in [-0.3, -0.25) is 4.90 Å². The van der Waals surface area contributed by atoms with E-state index >= 15 is 0 Å². The van der Waals surface area contributed by atoms with Crippen LogP contribution < -0.4 is 5.32 Å². The summed E-state index contributed by atoms with van der Waals surface area (Å²) in [6, 6.07) is 7.88. The Kier molecular flexibility index (Phi) is 4.70. The average Bonchev–Trinajstić information content (AvgIpc) is 2.36. The Morgan fingerprint density at radius 1 is 1.30 bits per heavy atom. The molecule has 1 aliphatic rings. The summed E-state index contributed by atoms with van der Waals surface area (Å²) < 4.78 is 38.0. The quantitative estimate of drug-likeness (QED) is 0.914. The second kappa shape index (κ2) is 6.14. The van der Waals surface area contributed by atoms with E-state index in [-0.39, 0.29) is 12.0 Å². The van der Waals surface area contributed by atoms with E-state index in [1.165, 1.54) is 16.0 Å². The number of hydrogen-bond donors (Lipinski definition) is 1. The largest absolute Gasteiger partial charge is 0.401 e. The molecule has 1 heterocycles. The van der Waals surface area contributed by atoms with Gasteiger partial charge < -0.3 is 5.32 Å². The highest BCUT2D eigenvalue weighted by Gasteiger charge is 2.33. The number of nitrogens with one attached hydrogen (secondary N) is 1. The number of benzene rings is 1. The average molecular weight is 286 g/mol. The highest BCUT2D eigenvalue weighted by atomic mass is 19.4. The van der Waals surface area contributed by atoms with E-state index in [2.05, 4.69) is 5.32 Å². The van der Waals surface area contributed by atoms with E-state index in [0.29, 0.717) is 6.54 Å². The van der Waals surface area contributed by atoms with Gasteiger partial charge in [0.15, 0.2) is 0 Å². The van der Waals surface area contributed by atoms with Crippen molar-refractivity contribution in [3.63, 3.8) is 0 Å². The molecule has 0 spiro atoms. The number of fused-ring (bicyclic) bond motifs is 1. The third kappa shape index (κ3) is 3.96. The molecule has 0 saturated heterocycles. The monoisotopic (exact) mass is 286 g/mol. The molecule has 0 aliphatic carbocycles. The zero-order valence-corrected chi connectivity index (χ0v) is 11.9. The number of nitrogens with zero attached hydrogens (tertiary/aromatic N) is 1. The molecule has 0 amide bonds. The third-order valence-electron chi connectivity index (χ3n) is 3.77. The van der Waals surface area contributed by atoms with Crippen LogP contribution in [0.1, 0.15) is 30.9 Å². The van der Waals surface area contributed by atoms with Crippen molar-refractivity contribution in [2.24, 2.45) is 0 Å². The van der Waals surface area contributed by atoms with Gasteiger partial charge in [0, 0.05) is 31.6 Å². The Hall–Kier alpha value is -1.07. The van der Waals surface area contributed by atoms with Gasteiger partial charge in [-0.15, -0.1) is 0 Å². The molecular weight excluding hydrogens is 265 g/mol.